The normalized spacial score (nSPS) is 12.2. The summed E-state index contributed by atoms with van der Waals surface area (Å²) < 4.78 is 0. The van der Waals surface area contributed by atoms with Crippen LogP contribution in [0.5, 0.6) is 0 Å². The van der Waals surface area contributed by atoms with Crippen LogP contribution in [0, 0.1) is 6.92 Å². The monoisotopic (exact) mass is 269 g/mol. The van der Waals surface area contributed by atoms with E-state index in [-0.39, 0.29) is 0 Å². The van der Waals surface area contributed by atoms with Crippen LogP contribution in [-0.2, 0) is 0 Å². The van der Waals surface area contributed by atoms with Crippen molar-refractivity contribution in [3.05, 3.63) is 59.7 Å². The van der Waals surface area contributed by atoms with E-state index in [1.807, 2.05) is 25.1 Å². The molecule has 2 heteroatoms. The van der Waals surface area contributed by atoms with Gasteiger partial charge in [-0.05, 0) is 38.5 Å². The molecule has 0 aliphatic rings. The molecule has 0 amide bonds. The molecule has 2 nitrogen and oxygen atoms in total. The highest BCUT2D eigenvalue weighted by Gasteiger charge is 2.15. The van der Waals surface area contributed by atoms with Gasteiger partial charge in [-0.3, -0.25) is 0 Å². The molecule has 106 valence electrons. The van der Waals surface area contributed by atoms with Crippen molar-refractivity contribution in [1.82, 2.24) is 0 Å². The summed E-state index contributed by atoms with van der Waals surface area (Å²) in [5.41, 5.74) is 4.51. The summed E-state index contributed by atoms with van der Waals surface area (Å²) in [7, 11) is 0. The van der Waals surface area contributed by atoms with Crippen molar-refractivity contribution in [2.24, 2.45) is 0 Å². The number of benzene rings is 2. The minimum Gasteiger partial charge on any atom is -0.388 e. The Kier molecular flexibility index (Phi) is 4.80. The first-order valence-corrected chi connectivity index (χ1v) is 7.28. The molecule has 0 aromatic heterocycles. The van der Waals surface area contributed by atoms with Crippen LogP contribution in [-0.4, -0.2) is 11.7 Å². The first-order chi connectivity index (χ1) is 9.67. The van der Waals surface area contributed by atoms with Crippen molar-refractivity contribution in [3.63, 3.8) is 0 Å². The second-order valence-corrected chi connectivity index (χ2v) is 5.06. The van der Waals surface area contributed by atoms with E-state index in [0.29, 0.717) is 0 Å². The van der Waals surface area contributed by atoms with Crippen molar-refractivity contribution < 1.29 is 5.11 Å². The molecule has 2 aromatic carbocycles. The average Bonchev–Trinajstić information content (AvgIpc) is 2.49. The molecule has 0 heterocycles. The summed E-state index contributed by atoms with van der Waals surface area (Å²) >= 11 is 0. The Morgan fingerprint density at radius 2 is 1.65 bits per heavy atom. The molecule has 0 saturated heterocycles. The largest absolute Gasteiger partial charge is 0.388 e. The predicted octanol–water partition coefficient (Wildman–Crippen LogP) is 4.60. The Hall–Kier alpha value is -1.80. The lowest BCUT2D eigenvalue weighted by atomic mass is 10.0. The third kappa shape index (κ3) is 3.02. The van der Waals surface area contributed by atoms with E-state index in [9.17, 15) is 5.11 Å². The maximum absolute atomic E-state index is 10.2. The summed E-state index contributed by atoms with van der Waals surface area (Å²) in [5.74, 6) is 0. The molecule has 0 bridgehead atoms. The molecule has 0 aliphatic heterocycles. The van der Waals surface area contributed by atoms with Gasteiger partial charge in [-0.2, -0.15) is 0 Å². The van der Waals surface area contributed by atoms with Gasteiger partial charge in [-0.15, -0.1) is 0 Å². The van der Waals surface area contributed by atoms with Gasteiger partial charge in [0.15, 0.2) is 0 Å². The van der Waals surface area contributed by atoms with E-state index in [1.54, 1.807) is 0 Å². The molecular weight excluding hydrogens is 246 g/mol. The number of hydrogen-bond acceptors (Lipinski definition) is 2. The maximum atomic E-state index is 10.2. The Bertz CT molecular complexity index is 548. The summed E-state index contributed by atoms with van der Waals surface area (Å²) in [6.45, 7) is 7.10. The van der Waals surface area contributed by atoms with Gasteiger partial charge in [0.25, 0.3) is 0 Å². The number of hydrogen-bond donors (Lipinski definition) is 1. The highest BCUT2D eigenvalue weighted by molar-refractivity contribution is 5.67. The fourth-order valence-electron chi connectivity index (χ4n) is 2.45. The number of para-hydroxylation sites is 1. The standard InChI is InChI=1S/C18H23NO/c1-4-18(20)16-8-6-7-9-17(16)19(5-2)15-12-10-14(3)11-13-15/h6-13,18,20H,4-5H2,1-3H3/t18-/m0/s1. The first-order valence-electron chi connectivity index (χ1n) is 7.28. The zero-order valence-electron chi connectivity index (χ0n) is 12.5. The molecule has 0 fully saturated rings. The number of rotatable bonds is 5. The Balaban J connectivity index is 2.44. The number of aliphatic hydroxyl groups is 1. The van der Waals surface area contributed by atoms with E-state index in [1.165, 1.54) is 5.56 Å². The van der Waals surface area contributed by atoms with Gasteiger partial charge in [0.2, 0.25) is 0 Å². The number of anilines is 2. The average molecular weight is 269 g/mol. The molecule has 0 unspecified atom stereocenters. The Labute approximate surface area is 121 Å². The van der Waals surface area contributed by atoms with Crippen LogP contribution in [0.25, 0.3) is 0 Å². The molecule has 0 radical (unpaired) electrons. The summed E-state index contributed by atoms with van der Waals surface area (Å²) in [5, 5.41) is 10.2. The van der Waals surface area contributed by atoms with E-state index in [2.05, 4.69) is 49.1 Å². The lowest BCUT2D eigenvalue weighted by Crippen LogP contribution is -2.18. The zero-order chi connectivity index (χ0) is 14.5. The van der Waals surface area contributed by atoms with Gasteiger partial charge in [-0.25, -0.2) is 0 Å². The highest BCUT2D eigenvalue weighted by Crippen LogP contribution is 2.32. The lowest BCUT2D eigenvalue weighted by molar-refractivity contribution is 0.174. The van der Waals surface area contributed by atoms with Crippen molar-refractivity contribution >= 4 is 11.4 Å². The van der Waals surface area contributed by atoms with E-state index in [0.717, 1.165) is 29.9 Å². The summed E-state index contributed by atoms with van der Waals surface area (Å²) in [6.07, 6.45) is 0.313. The lowest BCUT2D eigenvalue weighted by Gasteiger charge is -2.27. The molecule has 20 heavy (non-hydrogen) atoms. The number of aryl methyl sites for hydroxylation is 1. The smallest absolute Gasteiger partial charge is 0.0807 e. The van der Waals surface area contributed by atoms with E-state index < -0.39 is 6.10 Å². The number of aliphatic hydroxyl groups excluding tert-OH is 1. The minimum absolute atomic E-state index is 0.411. The Morgan fingerprint density at radius 1 is 1.00 bits per heavy atom. The van der Waals surface area contributed by atoms with Gasteiger partial charge in [0.05, 0.1) is 6.10 Å². The van der Waals surface area contributed by atoms with Crippen LogP contribution in [0.4, 0.5) is 11.4 Å². The molecular formula is C18H23NO. The van der Waals surface area contributed by atoms with Crippen molar-refractivity contribution in [2.45, 2.75) is 33.3 Å². The van der Waals surface area contributed by atoms with Crippen LogP contribution in [0.15, 0.2) is 48.5 Å². The molecule has 2 rings (SSSR count). The second-order valence-electron chi connectivity index (χ2n) is 5.06. The molecule has 1 atom stereocenters. The van der Waals surface area contributed by atoms with E-state index >= 15 is 0 Å². The molecule has 0 saturated carbocycles. The van der Waals surface area contributed by atoms with Crippen LogP contribution in [0.1, 0.15) is 37.5 Å². The number of nitrogens with zero attached hydrogens (tertiary/aromatic N) is 1. The third-order valence-electron chi connectivity index (χ3n) is 3.64. The quantitative estimate of drug-likeness (QED) is 0.857. The van der Waals surface area contributed by atoms with Crippen LogP contribution in [0.3, 0.4) is 0 Å². The molecule has 0 aliphatic carbocycles. The van der Waals surface area contributed by atoms with Crippen molar-refractivity contribution in [1.29, 1.82) is 0 Å². The molecule has 0 spiro atoms. The second kappa shape index (κ2) is 6.58. The van der Waals surface area contributed by atoms with Crippen molar-refractivity contribution in [3.8, 4) is 0 Å². The van der Waals surface area contributed by atoms with Gasteiger partial charge < -0.3 is 10.0 Å². The van der Waals surface area contributed by atoms with Gasteiger partial charge in [-0.1, -0.05) is 42.8 Å². The van der Waals surface area contributed by atoms with Crippen molar-refractivity contribution in [2.75, 3.05) is 11.4 Å². The summed E-state index contributed by atoms with van der Waals surface area (Å²) in [4.78, 5) is 2.24. The van der Waals surface area contributed by atoms with Gasteiger partial charge >= 0.3 is 0 Å². The summed E-state index contributed by atoms with van der Waals surface area (Å²) in [6, 6.07) is 16.6. The van der Waals surface area contributed by atoms with Crippen LogP contribution >= 0.6 is 0 Å². The minimum atomic E-state index is -0.411. The SMILES string of the molecule is CC[C@H](O)c1ccccc1N(CC)c1ccc(C)cc1. The van der Waals surface area contributed by atoms with Crippen LogP contribution < -0.4 is 4.90 Å². The van der Waals surface area contributed by atoms with Gasteiger partial charge in [0, 0.05) is 23.5 Å². The third-order valence-corrected chi connectivity index (χ3v) is 3.64. The maximum Gasteiger partial charge on any atom is 0.0807 e. The molecule has 2 aromatic rings. The predicted molar refractivity (Wildman–Crippen MR) is 85.6 cm³/mol. The molecule has 1 N–H and O–H groups in total. The fourth-order valence-corrected chi connectivity index (χ4v) is 2.45. The topological polar surface area (TPSA) is 23.5 Å². The first kappa shape index (κ1) is 14.6. The van der Waals surface area contributed by atoms with Crippen LogP contribution in [0.2, 0.25) is 0 Å². The Morgan fingerprint density at radius 3 is 2.25 bits per heavy atom. The fraction of sp³-hybridized carbons (Fsp3) is 0.333. The highest BCUT2D eigenvalue weighted by atomic mass is 16.3. The van der Waals surface area contributed by atoms with Gasteiger partial charge in [0.1, 0.15) is 0 Å². The zero-order valence-corrected chi connectivity index (χ0v) is 12.5. The van der Waals surface area contributed by atoms with E-state index in [4.69, 9.17) is 0 Å².